The third-order valence-electron chi connectivity index (χ3n) is 3.85. The summed E-state index contributed by atoms with van der Waals surface area (Å²) in [6, 6.07) is 0. The SMILES string of the molecule is CCC1CCCN(Cc2cn(CCN)nn2)CC1. The highest BCUT2D eigenvalue weighted by Gasteiger charge is 2.16. The highest BCUT2D eigenvalue weighted by Crippen LogP contribution is 2.20. The van der Waals surface area contributed by atoms with Crippen molar-refractivity contribution >= 4 is 0 Å². The Morgan fingerprint density at radius 3 is 3.06 bits per heavy atom. The molecule has 18 heavy (non-hydrogen) atoms. The fourth-order valence-electron chi connectivity index (χ4n) is 2.67. The van der Waals surface area contributed by atoms with E-state index in [9.17, 15) is 0 Å². The van der Waals surface area contributed by atoms with E-state index < -0.39 is 0 Å². The molecule has 1 fully saturated rings. The summed E-state index contributed by atoms with van der Waals surface area (Å²) in [6.45, 7) is 7.00. The summed E-state index contributed by atoms with van der Waals surface area (Å²) in [6.07, 6.45) is 7.37. The van der Waals surface area contributed by atoms with Gasteiger partial charge in [0, 0.05) is 19.3 Å². The maximum absolute atomic E-state index is 5.51. The van der Waals surface area contributed by atoms with Crippen molar-refractivity contribution in [2.75, 3.05) is 19.6 Å². The highest BCUT2D eigenvalue weighted by molar-refractivity contribution is 4.92. The van der Waals surface area contributed by atoms with Gasteiger partial charge in [0.05, 0.1) is 12.2 Å². The maximum Gasteiger partial charge on any atom is 0.0967 e. The van der Waals surface area contributed by atoms with Gasteiger partial charge in [0.15, 0.2) is 0 Å². The Morgan fingerprint density at radius 1 is 1.39 bits per heavy atom. The van der Waals surface area contributed by atoms with Crippen molar-refractivity contribution in [1.29, 1.82) is 0 Å². The number of aromatic nitrogens is 3. The van der Waals surface area contributed by atoms with Crippen LogP contribution in [0.25, 0.3) is 0 Å². The van der Waals surface area contributed by atoms with Gasteiger partial charge in [-0.1, -0.05) is 18.6 Å². The summed E-state index contributed by atoms with van der Waals surface area (Å²) in [5.41, 5.74) is 6.57. The van der Waals surface area contributed by atoms with E-state index >= 15 is 0 Å². The number of hydrogen-bond donors (Lipinski definition) is 1. The van der Waals surface area contributed by atoms with Gasteiger partial charge >= 0.3 is 0 Å². The molecule has 0 radical (unpaired) electrons. The first-order valence-corrected chi connectivity index (χ1v) is 7.13. The molecular formula is C13H25N5. The second kappa shape index (κ2) is 6.85. The fraction of sp³-hybridized carbons (Fsp3) is 0.846. The number of nitrogens with zero attached hydrogens (tertiary/aromatic N) is 4. The molecule has 1 aliphatic rings. The minimum absolute atomic E-state index is 0.616. The molecule has 0 aromatic carbocycles. The molecule has 5 heteroatoms. The summed E-state index contributed by atoms with van der Waals surface area (Å²) in [5.74, 6) is 0.919. The molecule has 102 valence electrons. The molecule has 0 bridgehead atoms. The van der Waals surface area contributed by atoms with E-state index in [1.807, 2.05) is 10.9 Å². The Bertz CT molecular complexity index is 349. The number of rotatable bonds is 5. The molecule has 1 aliphatic heterocycles. The normalized spacial score (nSPS) is 22.0. The van der Waals surface area contributed by atoms with Crippen LogP contribution in [0.5, 0.6) is 0 Å². The van der Waals surface area contributed by atoms with Crippen LogP contribution in [0, 0.1) is 5.92 Å². The van der Waals surface area contributed by atoms with Crippen LogP contribution in [0.2, 0.25) is 0 Å². The van der Waals surface area contributed by atoms with Gasteiger partial charge in [0.25, 0.3) is 0 Å². The number of likely N-dealkylation sites (tertiary alicyclic amines) is 1. The molecule has 1 atom stereocenters. The van der Waals surface area contributed by atoms with E-state index in [0.29, 0.717) is 6.54 Å². The number of nitrogens with two attached hydrogens (primary N) is 1. The van der Waals surface area contributed by atoms with E-state index in [4.69, 9.17) is 5.73 Å². The van der Waals surface area contributed by atoms with Crippen LogP contribution in [-0.2, 0) is 13.1 Å². The topological polar surface area (TPSA) is 60.0 Å². The van der Waals surface area contributed by atoms with Crippen molar-refractivity contribution in [3.8, 4) is 0 Å². The van der Waals surface area contributed by atoms with E-state index in [1.165, 1.54) is 38.8 Å². The second-order valence-corrected chi connectivity index (χ2v) is 5.24. The molecule has 2 N–H and O–H groups in total. The van der Waals surface area contributed by atoms with Crippen molar-refractivity contribution < 1.29 is 0 Å². The molecule has 5 nitrogen and oxygen atoms in total. The van der Waals surface area contributed by atoms with E-state index in [-0.39, 0.29) is 0 Å². The Hall–Kier alpha value is -0.940. The Balaban J connectivity index is 1.84. The highest BCUT2D eigenvalue weighted by atomic mass is 15.4. The Kier molecular flexibility index (Phi) is 5.13. The lowest BCUT2D eigenvalue weighted by molar-refractivity contribution is 0.269. The number of hydrogen-bond acceptors (Lipinski definition) is 4. The second-order valence-electron chi connectivity index (χ2n) is 5.24. The smallest absolute Gasteiger partial charge is 0.0967 e. The molecule has 0 aliphatic carbocycles. The molecule has 1 aromatic rings. The monoisotopic (exact) mass is 251 g/mol. The zero-order valence-electron chi connectivity index (χ0n) is 11.4. The average Bonchev–Trinajstić information content (AvgIpc) is 2.68. The van der Waals surface area contributed by atoms with Crippen LogP contribution in [0.3, 0.4) is 0 Å². The Morgan fingerprint density at radius 2 is 2.28 bits per heavy atom. The van der Waals surface area contributed by atoms with Gasteiger partial charge < -0.3 is 5.73 Å². The molecule has 0 amide bonds. The molecule has 0 spiro atoms. The van der Waals surface area contributed by atoms with Crippen LogP contribution in [0.4, 0.5) is 0 Å². The van der Waals surface area contributed by atoms with E-state index in [2.05, 4.69) is 22.1 Å². The molecule has 1 saturated heterocycles. The predicted molar refractivity (Wildman–Crippen MR) is 72.0 cm³/mol. The lowest BCUT2D eigenvalue weighted by Crippen LogP contribution is -2.24. The summed E-state index contributed by atoms with van der Waals surface area (Å²) in [4.78, 5) is 2.51. The first-order valence-electron chi connectivity index (χ1n) is 7.13. The third kappa shape index (κ3) is 3.78. The van der Waals surface area contributed by atoms with Crippen molar-refractivity contribution in [3.05, 3.63) is 11.9 Å². The van der Waals surface area contributed by atoms with Crippen LogP contribution in [0.1, 0.15) is 38.3 Å². The van der Waals surface area contributed by atoms with Crippen LogP contribution in [0.15, 0.2) is 6.20 Å². The van der Waals surface area contributed by atoms with Crippen LogP contribution in [-0.4, -0.2) is 39.5 Å². The summed E-state index contributed by atoms with van der Waals surface area (Å²) in [7, 11) is 0. The first kappa shape index (κ1) is 13.5. The third-order valence-corrected chi connectivity index (χ3v) is 3.85. The van der Waals surface area contributed by atoms with Gasteiger partial charge in [-0.15, -0.1) is 5.10 Å². The van der Waals surface area contributed by atoms with Crippen LogP contribution < -0.4 is 5.73 Å². The predicted octanol–water partition coefficient (Wildman–Crippen LogP) is 1.25. The lowest BCUT2D eigenvalue weighted by Gasteiger charge is -2.18. The first-order chi connectivity index (χ1) is 8.81. The zero-order chi connectivity index (χ0) is 12.8. The van der Waals surface area contributed by atoms with Crippen molar-refractivity contribution in [3.63, 3.8) is 0 Å². The van der Waals surface area contributed by atoms with Gasteiger partial charge in [0.1, 0.15) is 0 Å². The van der Waals surface area contributed by atoms with Gasteiger partial charge in [-0.25, -0.2) is 0 Å². The molecule has 1 aromatic heterocycles. The van der Waals surface area contributed by atoms with Crippen molar-refractivity contribution in [2.45, 2.75) is 45.7 Å². The molecule has 1 unspecified atom stereocenters. The lowest BCUT2D eigenvalue weighted by atomic mass is 9.98. The standard InChI is InChI=1S/C13H25N5/c1-2-12-4-3-7-17(8-5-12)10-13-11-18(9-6-14)16-15-13/h11-12H,2-10,14H2,1H3. The van der Waals surface area contributed by atoms with E-state index in [0.717, 1.165) is 24.7 Å². The molecule has 0 saturated carbocycles. The molecular weight excluding hydrogens is 226 g/mol. The summed E-state index contributed by atoms with van der Waals surface area (Å²) < 4.78 is 1.84. The van der Waals surface area contributed by atoms with Crippen molar-refractivity contribution in [1.82, 2.24) is 19.9 Å². The molecule has 2 rings (SSSR count). The van der Waals surface area contributed by atoms with Gasteiger partial charge in [-0.2, -0.15) is 0 Å². The Labute approximate surface area is 109 Å². The molecule has 2 heterocycles. The summed E-state index contributed by atoms with van der Waals surface area (Å²) in [5, 5.41) is 8.30. The van der Waals surface area contributed by atoms with Gasteiger partial charge in [0.2, 0.25) is 0 Å². The van der Waals surface area contributed by atoms with Crippen molar-refractivity contribution in [2.24, 2.45) is 11.7 Å². The van der Waals surface area contributed by atoms with E-state index in [1.54, 1.807) is 0 Å². The fourth-order valence-corrected chi connectivity index (χ4v) is 2.67. The average molecular weight is 251 g/mol. The zero-order valence-corrected chi connectivity index (χ0v) is 11.4. The minimum Gasteiger partial charge on any atom is -0.329 e. The van der Waals surface area contributed by atoms with Gasteiger partial charge in [-0.3, -0.25) is 9.58 Å². The maximum atomic E-state index is 5.51. The van der Waals surface area contributed by atoms with Gasteiger partial charge in [-0.05, 0) is 38.3 Å². The minimum atomic E-state index is 0.616. The quantitative estimate of drug-likeness (QED) is 0.855. The van der Waals surface area contributed by atoms with Crippen LogP contribution >= 0.6 is 0 Å². The largest absolute Gasteiger partial charge is 0.329 e. The summed E-state index contributed by atoms with van der Waals surface area (Å²) >= 11 is 0.